The Morgan fingerprint density at radius 3 is 2.54 bits per heavy atom. The number of hydrogen-bond donors (Lipinski definition) is 1. The van der Waals surface area contributed by atoms with E-state index in [1.807, 2.05) is 71.4 Å². The second kappa shape index (κ2) is 6.76. The molecule has 1 aromatic heterocycles. The molecule has 26 heavy (non-hydrogen) atoms. The molecule has 0 unspecified atom stereocenters. The van der Waals surface area contributed by atoms with Crippen LogP contribution in [0.25, 0.3) is 16.6 Å². The van der Waals surface area contributed by atoms with Crippen LogP contribution >= 0.6 is 0 Å². The Kier molecular flexibility index (Phi) is 4.15. The molecule has 1 N–H and O–H groups in total. The zero-order chi connectivity index (χ0) is 17.9. The highest BCUT2D eigenvalue weighted by atomic mass is 16.5. The molecule has 0 aliphatic heterocycles. The quantitative estimate of drug-likeness (QED) is 0.560. The molecule has 0 atom stereocenters. The molecule has 4 nitrogen and oxygen atoms in total. The summed E-state index contributed by atoms with van der Waals surface area (Å²) in [5.74, 6) is -0.130. The molecule has 0 radical (unpaired) electrons. The van der Waals surface area contributed by atoms with Crippen molar-refractivity contribution in [2.75, 3.05) is 0 Å². The predicted molar refractivity (Wildman–Crippen MR) is 101 cm³/mol. The molecule has 0 aliphatic carbocycles. The summed E-state index contributed by atoms with van der Waals surface area (Å²) in [6.07, 6.45) is 1.93. The molecular formula is C22H17NO3. The smallest absolute Gasteiger partial charge is 0.335 e. The standard InChI is InChI=1S/C22H17NO3/c24-22(25)17-8-4-9-18(14-17)23-13-12-19-20(23)10-5-11-21(19)26-15-16-6-2-1-3-7-16/h1-14H,15H2,(H,24,25). The molecule has 0 aliphatic rings. The Hall–Kier alpha value is -3.53. The minimum absolute atomic E-state index is 0.265. The zero-order valence-corrected chi connectivity index (χ0v) is 14.0. The monoisotopic (exact) mass is 343 g/mol. The highest BCUT2D eigenvalue weighted by Gasteiger charge is 2.10. The van der Waals surface area contributed by atoms with E-state index < -0.39 is 5.97 Å². The lowest BCUT2D eigenvalue weighted by Crippen LogP contribution is -1.99. The van der Waals surface area contributed by atoms with Gasteiger partial charge in [0, 0.05) is 17.3 Å². The number of ether oxygens (including phenoxy) is 1. The summed E-state index contributed by atoms with van der Waals surface area (Å²) in [6, 6.07) is 24.8. The summed E-state index contributed by atoms with van der Waals surface area (Å²) in [5.41, 5.74) is 3.15. The van der Waals surface area contributed by atoms with Crippen LogP contribution in [0.15, 0.2) is 85.1 Å². The second-order valence-electron chi connectivity index (χ2n) is 6.00. The molecule has 0 fully saturated rings. The van der Waals surface area contributed by atoms with Gasteiger partial charge in [0.15, 0.2) is 0 Å². The van der Waals surface area contributed by atoms with Crippen molar-refractivity contribution in [2.24, 2.45) is 0 Å². The maximum Gasteiger partial charge on any atom is 0.335 e. The number of benzene rings is 3. The third kappa shape index (κ3) is 3.05. The highest BCUT2D eigenvalue weighted by molar-refractivity contribution is 5.90. The van der Waals surface area contributed by atoms with Crippen molar-refractivity contribution in [3.63, 3.8) is 0 Å². The van der Waals surface area contributed by atoms with Gasteiger partial charge in [-0.25, -0.2) is 4.79 Å². The summed E-state index contributed by atoms with van der Waals surface area (Å²) in [5, 5.41) is 10.2. The molecule has 4 rings (SSSR count). The minimum atomic E-state index is -0.935. The fraction of sp³-hybridized carbons (Fsp3) is 0.0455. The fourth-order valence-electron chi connectivity index (χ4n) is 3.01. The van der Waals surface area contributed by atoms with E-state index in [-0.39, 0.29) is 5.56 Å². The Bertz CT molecular complexity index is 1070. The van der Waals surface area contributed by atoms with E-state index in [0.29, 0.717) is 6.61 Å². The van der Waals surface area contributed by atoms with E-state index in [9.17, 15) is 9.90 Å². The Balaban J connectivity index is 1.69. The van der Waals surface area contributed by atoms with Crippen LogP contribution in [-0.4, -0.2) is 15.6 Å². The molecule has 3 aromatic carbocycles. The van der Waals surface area contributed by atoms with E-state index in [1.54, 1.807) is 18.2 Å². The number of aromatic nitrogens is 1. The van der Waals surface area contributed by atoms with Crippen LogP contribution in [0.2, 0.25) is 0 Å². The highest BCUT2D eigenvalue weighted by Crippen LogP contribution is 2.29. The third-order valence-corrected chi connectivity index (χ3v) is 4.30. The summed E-state index contributed by atoms with van der Waals surface area (Å²) in [4.78, 5) is 11.2. The van der Waals surface area contributed by atoms with Gasteiger partial charge in [-0.2, -0.15) is 0 Å². The van der Waals surface area contributed by atoms with Crippen molar-refractivity contribution in [3.8, 4) is 11.4 Å². The lowest BCUT2D eigenvalue weighted by molar-refractivity contribution is 0.0697. The van der Waals surface area contributed by atoms with Gasteiger partial charge in [-0.05, 0) is 42.0 Å². The van der Waals surface area contributed by atoms with Crippen LogP contribution in [-0.2, 0) is 6.61 Å². The third-order valence-electron chi connectivity index (χ3n) is 4.30. The number of carboxylic acid groups (broad SMARTS) is 1. The predicted octanol–water partition coefficient (Wildman–Crippen LogP) is 4.91. The lowest BCUT2D eigenvalue weighted by atomic mass is 10.2. The number of carboxylic acids is 1. The lowest BCUT2D eigenvalue weighted by Gasteiger charge is -2.10. The van der Waals surface area contributed by atoms with Crippen LogP contribution in [0.5, 0.6) is 5.75 Å². The normalized spacial score (nSPS) is 10.8. The first kappa shape index (κ1) is 16.0. The van der Waals surface area contributed by atoms with Crippen LogP contribution in [0.3, 0.4) is 0 Å². The van der Waals surface area contributed by atoms with E-state index in [2.05, 4.69) is 0 Å². The number of fused-ring (bicyclic) bond motifs is 1. The number of rotatable bonds is 5. The molecule has 0 bridgehead atoms. The Morgan fingerprint density at radius 2 is 1.73 bits per heavy atom. The number of nitrogens with zero attached hydrogens (tertiary/aromatic N) is 1. The van der Waals surface area contributed by atoms with Crippen LogP contribution in [0, 0.1) is 0 Å². The van der Waals surface area contributed by atoms with Gasteiger partial charge < -0.3 is 14.4 Å². The van der Waals surface area contributed by atoms with Gasteiger partial charge >= 0.3 is 5.97 Å². The Morgan fingerprint density at radius 1 is 0.923 bits per heavy atom. The summed E-state index contributed by atoms with van der Waals surface area (Å²) < 4.78 is 7.98. The maximum atomic E-state index is 11.2. The van der Waals surface area contributed by atoms with Crippen LogP contribution in [0.1, 0.15) is 15.9 Å². The fourth-order valence-corrected chi connectivity index (χ4v) is 3.01. The van der Waals surface area contributed by atoms with Gasteiger partial charge in [-0.15, -0.1) is 0 Å². The number of hydrogen-bond acceptors (Lipinski definition) is 2. The van der Waals surface area contributed by atoms with Crippen molar-refractivity contribution in [3.05, 3.63) is 96.2 Å². The first-order chi connectivity index (χ1) is 12.7. The van der Waals surface area contributed by atoms with Gasteiger partial charge in [-0.1, -0.05) is 42.5 Å². The first-order valence-corrected chi connectivity index (χ1v) is 8.33. The van der Waals surface area contributed by atoms with Gasteiger partial charge in [0.25, 0.3) is 0 Å². The SMILES string of the molecule is O=C(O)c1cccc(-n2ccc3c(OCc4ccccc4)cccc32)c1. The van der Waals surface area contributed by atoms with Gasteiger partial charge in [0.1, 0.15) is 12.4 Å². The number of aromatic carboxylic acids is 1. The van der Waals surface area contributed by atoms with Crippen molar-refractivity contribution in [1.82, 2.24) is 4.57 Å². The molecule has 4 aromatic rings. The molecule has 1 heterocycles. The van der Waals surface area contributed by atoms with Gasteiger partial charge in [0.2, 0.25) is 0 Å². The zero-order valence-electron chi connectivity index (χ0n) is 14.0. The molecular weight excluding hydrogens is 326 g/mol. The van der Waals surface area contributed by atoms with Crippen molar-refractivity contribution >= 4 is 16.9 Å². The summed E-state index contributed by atoms with van der Waals surface area (Å²) in [6.45, 7) is 0.500. The minimum Gasteiger partial charge on any atom is -0.488 e. The average molecular weight is 343 g/mol. The molecule has 4 heteroatoms. The average Bonchev–Trinajstić information content (AvgIpc) is 3.12. The van der Waals surface area contributed by atoms with E-state index >= 15 is 0 Å². The molecule has 0 saturated carbocycles. The summed E-state index contributed by atoms with van der Waals surface area (Å²) >= 11 is 0. The number of carbonyl (C=O) groups is 1. The van der Waals surface area contributed by atoms with E-state index in [0.717, 1.165) is 27.9 Å². The topological polar surface area (TPSA) is 51.5 Å². The maximum absolute atomic E-state index is 11.2. The van der Waals surface area contributed by atoms with E-state index in [4.69, 9.17) is 4.74 Å². The second-order valence-corrected chi connectivity index (χ2v) is 6.00. The van der Waals surface area contributed by atoms with E-state index in [1.165, 1.54) is 0 Å². The molecule has 0 spiro atoms. The van der Waals surface area contributed by atoms with Gasteiger partial charge in [-0.3, -0.25) is 0 Å². The van der Waals surface area contributed by atoms with Gasteiger partial charge in [0.05, 0.1) is 11.1 Å². The molecule has 128 valence electrons. The van der Waals surface area contributed by atoms with Crippen molar-refractivity contribution in [2.45, 2.75) is 6.61 Å². The largest absolute Gasteiger partial charge is 0.488 e. The summed E-state index contributed by atoms with van der Waals surface area (Å²) in [7, 11) is 0. The molecule has 0 amide bonds. The van der Waals surface area contributed by atoms with Crippen LogP contribution < -0.4 is 4.74 Å². The first-order valence-electron chi connectivity index (χ1n) is 8.33. The van der Waals surface area contributed by atoms with Crippen LogP contribution in [0.4, 0.5) is 0 Å². The van der Waals surface area contributed by atoms with Crippen molar-refractivity contribution in [1.29, 1.82) is 0 Å². The van der Waals surface area contributed by atoms with Crippen molar-refractivity contribution < 1.29 is 14.6 Å². The molecule has 0 saturated heterocycles. The Labute approximate surface area is 150 Å².